The van der Waals surface area contributed by atoms with Gasteiger partial charge in [-0.15, -0.1) is 0 Å². The SMILES string of the molecule is COc1ccc(/C=C/C(=O)NC(C)C(=O)N2CCOC(c3ccc(Cl)cc3)C2)cc1. The number of ether oxygens (including phenoxy) is 2. The summed E-state index contributed by atoms with van der Waals surface area (Å²) in [5.74, 6) is 0.288. The van der Waals surface area contributed by atoms with Crippen LogP contribution in [0.25, 0.3) is 6.08 Å². The number of hydrogen-bond donors (Lipinski definition) is 1. The number of morpholine rings is 1. The van der Waals surface area contributed by atoms with Crippen molar-refractivity contribution >= 4 is 29.5 Å². The Morgan fingerprint density at radius 2 is 1.90 bits per heavy atom. The lowest BCUT2D eigenvalue weighted by Gasteiger charge is -2.34. The third-order valence-electron chi connectivity index (χ3n) is 4.89. The fourth-order valence-electron chi connectivity index (χ4n) is 3.21. The third-order valence-corrected chi connectivity index (χ3v) is 5.14. The van der Waals surface area contributed by atoms with Gasteiger partial charge in [0.25, 0.3) is 0 Å². The molecule has 2 atom stereocenters. The molecule has 1 aliphatic rings. The van der Waals surface area contributed by atoms with Crippen LogP contribution in [-0.4, -0.2) is 49.6 Å². The van der Waals surface area contributed by atoms with Gasteiger partial charge >= 0.3 is 0 Å². The normalized spacial score (nSPS) is 17.6. The molecule has 1 aliphatic heterocycles. The summed E-state index contributed by atoms with van der Waals surface area (Å²) in [4.78, 5) is 26.8. The molecule has 0 spiro atoms. The van der Waals surface area contributed by atoms with Gasteiger partial charge in [-0.05, 0) is 48.4 Å². The first-order chi connectivity index (χ1) is 14.5. The molecule has 1 heterocycles. The summed E-state index contributed by atoms with van der Waals surface area (Å²) in [5.41, 5.74) is 1.83. The second-order valence-electron chi connectivity index (χ2n) is 7.03. The molecule has 2 amide bonds. The summed E-state index contributed by atoms with van der Waals surface area (Å²) >= 11 is 5.94. The summed E-state index contributed by atoms with van der Waals surface area (Å²) in [6.07, 6.45) is 2.90. The second-order valence-corrected chi connectivity index (χ2v) is 7.47. The van der Waals surface area contributed by atoms with Gasteiger partial charge in [-0.2, -0.15) is 0 Å². The fraction of sp³-hybridized carbons (Fsp3) is 0.304. The lowest BCUT2D eigenvalue weighted by atomic mass is 10.1. The lowest BCUT2D eigenvalue weighted by molar-refractivity contribution is -0.142. The van der Waals surface area contributed by atoms with E-state index in [2.05, 4.69) is 5.32 Å². The largest absolute Gasteiger partial charge is 0.497 e. The van der Waals surface area contributed by atoms with E-state index in [0.717, 1.165) is 16.9 Å². The van der Waals surface area contributed by atoms with Gasteiger partial charge in [0.05, 0.1) is 20.3 Å². The van der Waals surface area contributed by atoms with Crippen LogP contribution >= 0.6 is 11.6 Å². The number of carbonyl (C=O) groups is 2. The Hall–Kier alpha value is -2.83. The van der Waals surface area contributed by atoms with Gasteiger partial charge in [0, 0.05) is 17.6 Å². The summed E-state index contributed by atoms with van der Waals surface area (Å²) in [5, 5.41) is 3.39. The van der Waals surface area contributed by atoms with E-state index in [1.165, 1.54) is 6.08 Å². The molecule has 0 saturated carbocycles. The number of rotatable bonds is 6. The van der Waals surface area contributed by atoms with Crippen LogP contribution in [0.1, 0.15) is 24.2 Å². The van der Waals surface area contributed by atoms with E-state index in [-0.39, 0.29) is 17.9 Å². The topological polar surface area (TPSA) is 67.9 Å². The zero-order chi connectivity index (χ0) is 21.5. The number of nitrogens with zero attached hydrogens (tertiary/aromatic N) is 1. The molecule has 7 heteroatoms. The predicted octanol–water partition coefficient (Wildman–Crippen LogP) is 3.47. The van der Waals surface area contributed by atoms with Gasteiger partial charge in [0.2, 0.25) is 11.8 Å². The van der Waals surface area contributed by atoms with Crippen molar-refractivity contribution in [3.05, 3.63) is 70.8 Å². The van der Waals surface area contributed by atoms with Crippen LogP contribution in [0.15, 0.2) is 54.6 Å². The van der Waals surface area contributed by atoms with Gasteiger partial charge in [-0.3, -0.25) is 9.59 Å². The summed E-state index contributed by atoms with van der Waals surface area (Å²) in [6.45, 7) is 3.05. The molecule has 2 aromatic rings. The summed E-state index contributed by atoms with van der Waals surface area (Å²) in [7, 11) is 1.60. The standard InChI is InChI=1S/C23H25ClN2O4/c1-16(25-22(27)12-5-17-3-10-20(29-2)11-4-17)23(28)26-13-14-30-21(15-26)18-6-8-19(24)9-7-18/h3-12,16,21H,13-15H2,1-2H3,(H,25,27)/b12-5+. The highest BCUT2D eigenvalue weighted by Crippen LogP contribution is 2.24. The van der Waals surface area contributed by atoms with E-state index in [9.17, 15) is 9.59 Å². The average molecular weight is 429 g/mol. The Morgan fingerprint density at radius 3 is 2.57 bits per heavy atom. The van der Waals surface area contributed by atoms with Gasteiger partial charge in [0.1, 0.15) is 17.9 Å². The number of benzene rings is 2. The van der Waals surface area contributed by atoms with Crippen LogP contribution < -0.4 is 10.1 Å². The van der Waals surface area contributed by atoms with E-state index >= 15 is 0 Å². The highest BCUT2D eigenvalue weighted by Gasteiger charge is 2.28. The van der Waals surface area contributed by atoms with Crippen molar-refractivity contribution in [1.29, 1.82) is 0 Å². The molecule has 1 N–H and O–H groups in total. The van der Waals surface area contributed by atoms with E-state index in [1.54, 1.807) is 37.1 Å². The molecule has 30 heavy (non-hydrogen) atoms. The van der Waals surface area contributed by atoms with Crippen LogP contribution in [0, 0.1) is 0 Å². The highest BCUT2D eigenvalue weighted by molar-refractivity contribution is 6.30. The molecule has 1 fully saturated rings. The number of carbonyl (C=O) groups excluding carboxylic acids is 2. The number of methoxy groups -OCH3 is 1. The number of amides is 2. The van der Waals surface area contributed by atoms with Crippen molar-refractivity contribution < 1.29 is 19.1 Å². The first-order valence-corrected chi connectivity index (χ1v) is 10.1. The van der Waals surface area contributed by atoms with E-state index < -0.39 is 6.04 Å². The third kappa shape index (κ3) is 5.84. The van der Waals surface area contributed by atoms with Crippen molar-refractivity contribution in [2.45, 2.75) is 19.1 Å². The van der Waals surface area contributed by atoms with Gasteiger partial charge in [0.15, 0.2) is 0 Å². The number of halogens is 1. The van der Waals surface area contributed by atoms with E-state index in [4.69, 9.17) is 21.1 Å². The first-order valence-electron chi connectivity index (χ1n) is 9.75. The van der Waals surface area contributed by atoms with E-state index in [1.807, 2.05) is 36.4 Å². The van der Waals surface area contributed by atoms with Crippen molar-refractivity contribution in [2.24, 2.45) is 0 Å². The smallest absolute Gasteiger partial charge is 0.245 e. The molecule has 158 valence electrons. The van der Waals surface area contributed by atoms with Crippen molar-refractivity contribution in [2.75, 3.05) is 26.8 Å². The summed E-state index contributed by atoms with van der Waals surface area (Å²) in [6, 6.07) is 14.1. The Morgan fingerprint density at radius 1 is 1.20 bits per heavy atom. The Labute approximate surface area is 181 Å². The second kappa shape index (κ2) is 10.3. The van der Waals surface area contributed by atoms with Gasteiger partial charge in [-0.25, -0.2) is 0 Å². The van der Waals surface area contributed by atoms with Crippen LogP contribution in [0.2, 0.25) is 5.02 Å². The maximum atomic E-state index is 12.8. The fourth-order valence-corrected chi connectivity index (χ4v) is 3.34. The van der Waals surface area contributed by atoms with Crippen LogP contribution in [0.5, 0.6) is 5.75 Å². The van der Waals surface area contributed by atoms with Crippen molar-refractivity contribution in [1.82, 2.24) is 10.2 Å². The van der Waals surface area contributed by atoms with Gasteiger partial charge < -0.3 is 19.7 Å². The highest BCUT2D eigenvalue weighted by atomic mass is 35.5. The van der Waals surface area contributed by atoms with E-state index in [0.29, 0.717) is 24.7 Å². The zero-order valence-corrected chi connectivity index (χ0v) is 17.8. The predicted molar refractivity (Wildman–Crippen MR) is 116 cm³/mol. The minimum absolute atomic E-state index is 0.136. The molecule has 0 bridgehead atoms. The average Bonchev–Trinajstić information content (AvgIpc) is 2.78. The maximum absolute atomic E-state index is 12.8. The monoisotopic (exact) mass is 428 g/mol. The Balaban J connectivity index is 1.54. The van der Waals surface area contributed by atoms with Gasteiger partial charge in [-0.1, -0.05) is 35.9 Å². The lowest BCUT2D eigenvalue weighted by Crippen LogP contribution is -2.50. The van der Waals surface area contributed by atoms with Crippen LogP contribution in [-0.2, 0) is 14.3 Å². The molecule has 2 aromatic carbocycles. The molecule has 6 nitrogen and oxygen atoms in total. The Bertz CT molecular complexity index is 896. The maximum Gasteiger partial charge on any atom is 0.245 e. The molecular formula is C23H25ClN2O4. The number of nitrogens with one attached hydrogen (secondary N) is 1. The molecule has 1 saturated heterocycles. The molecule has 3 rings (SSSR count). The molecule has 0 aromatic heterocycles. The minimum Gasteiger partial charge on any atom is -0.497 e. The molecule has 2 unspecified atom stereocenters. The first kappa shape index (κ1) is 21.9. The zero-order valence-electron chi connectivity index (χ0n) is 17.0. The Kier molecular flexibility index (Phi) is 7.49. The van der Waals surface area contributed by atoms with Crippen LogP contribution in [0.4, 0.5) is 0 Å². The quantitative estimate of drug-likeness (QED) is 0.715. The van der Waals surface area contributed by atoms with Crippen molar-refractivity contribution in [3.63, 3.8) is 0 Å². The molecular weight excluding hydrogens is 404 g/mol. The molecule has 0 aliphatic carbocycles. The number of hydrogen-bond acceptors (Lipinski definition) is 4. The summed E-state index contributed by atoms with van der Waals surface area (Å²) < 4.78 is 10.9. The van der Waals surface area contributed by atoms with Crippen molar-refractivity contribution in [3.8, 4) is 5.75 Å². The van der Waals surface area contributed by atoms with Crippen LogP contribution in [0.3, 0.4) is 0 Å². The minimum atomic E-state index is -0.637. The molecule has 0 radical (unpaired) electrons.